The largest absolute Gasteiger partial charge is 0.493 e. The van der Waals surface area contributed by atoms with Gasteiger partial charge in [0.2, 0.25) is 0 Å². The zero-order valence-electron chi connectivity index (χ0n) is 14.5. The number of nitrogens with one attached hydrogen (secondary N) is 1. The summed E-state index contributed by atoms with van der Waals surface area (Å²) in [4.78, 5) is 12.3. The van der Waals surface area contributed by atoms with Crippen LogP contribution in [0.5, 0.6) is 5.75 Å². The molecule has 2 rings (SSSR count). The summed E-state index contributed by atoms with van der Waals surface area (Å²) in [5, 5.41) is 7.19. The molecule has 1 N–H and O–H groups in total. The molecule has 0 aliphatic heterocycles. The van der Waals surface area contributed by atoms with Gasteiger partial charge in [-0.3, -0.25) is 4.79 Å². The quantitative estimate of drug-likeness (QED) is 0.718. The van der Waals surface area contributed by atoms with Crippen molar-refractivity contribution in [2.75, 3.05) is 26.9 Å². The lowest BCUT2D eigenvalue weighted by atomic mass is 10.2. The van der Waals surface area contributed by atoms with Crippen molar-refractivity contribution in [1.29, 1.82) is 0 Å². The number of carbonyl (C=O) groups is 1. The second-order valence-corrected chi connectivity index (χ2v) is 5.90. The molecule has 0 fully saturated rings. The van der Waals surface area contributed by atoms with Crippen molar-refractivity contribution >= 4 is 5.91 Å². The van der Waals surface area contributed by atoms with Crippen LogP contribution in [0, 0.1) is 5.92 Å². The van der Waals surface area contributed by atoms with Crippen molar-refractivity contribution in [2.45, 2.75) is 20.3 Å². The molecule has 1 amide bonds. The minimum atomic E-state index is -0.245. The first-order valence-electron chi connectivity index (χ1n) is 8.17. The third-order valence-electron chi connectivity index (χ3n) is 3.34. The SMILES string of the molecule is COc1cn(-c2ccccc2)nc1C(=O)NCCCOCC(C)C. The molecule has 0 saturated carbocycles. The lowest BCUT2D eigenvalue weighted by Gasteiger charge is -2.07. The van der Waals surface area contributed by atoms with Gasteiger partial charge in [0, 0.05) is 19.8 Å². The molecule has 130 valence electrons. The van der Waals surface area contributed by atoms with E-state index in [1.54, 1.807) is 10.9 Å². The number of hydrogen-bond acceptors (Lipinski definition) is 4. The maximum atomic E-state index is 12.3. The summed E-state index contributed by atoms with van der Waals surface area (Å²) in [5.74, 6) is 0.726. The van der Waals surface area contributed by atoms with Gasteiger partial charge >= 0.3 is 0 Å². The van der Waals surface area contributed by atoms with Gasteiger partial charge < -0.3 is 14.8 Å². The molecule has 0 radical (unpaired) electrons. The van der Waals surface area contributed by atoms with Gasteiger partial charge in [0.15, 0.2) is 11.4 Å². The number of para-hydroxylation sites is 1. The third kappa shape index (κ3) is 5.09. The van der Waals surface area contributed by atoms with E-state index in [1.807, 2.05) is 30.3 Å². The van der Waals surface area contributed by atoms with Gasteiger partial charge in [-0.15, -0.1) is 0 Å². The van der Waals surface area contributed by atoms with Crippen LogP contribution >= 0.6 is 0 Å². The number of benzene rings is 1. The van der Waals surface area contributed by atoms with Gasteiger partial charge in [0.05, 0.1) is 19.0 Å². The van der Waals surface area contributed by atoms with Crippen LogP contribution in [0.3, 0.4) is 0 Å². The fourth-order valence-corrected chi connectivity index (χ4v) is 2.16. The van der Waals surface area contributed by atoms with Gasteiger partial charge in [-0.1, -0.05) is 32.0 Å². The fourth-order valence-electron chi connectivity index (χ4n) is 2.16. The summed E-state index contributed by atoms with van der Waals surface area (Å²) in [7, 11) is 1.53. The van der Waals surface area contributed by atoms with E-state index in [-0.39, 0.29) is 11.6 Å². The number of amides is 1. The molecule has 2 aromatic rings. The van der Waals surface area contributed by atoms with Crippen molar-refractivity contribution < 1.29 is 14.3 Å². The van der Waals surface area contributed by atoms with Gasteiger partial charge in [-0.2, -0.15) is 5.10 Å². The van der Waals surface area contributed by atoms with Crippen molar-refractivity contribution in [3.63, 3.8) is 0 Å². The summed E-state index contributed by atoms with van der Waals surface area (Å²) >= 11 is 0. The van der Waals surface area contributed by atoms with E-state index in [0.29, 0.717) is 24.8 Å². The lowest BCUT2D eigenvalue weighted by Crippen LogP contribution is -2.26. The summed E-state index contributed by atoms with van der Waals surface area (Å²) in [5.41, 5.74) is 1.15. The normalized spacial score (nSPS) is 10.8. The number of nitrogens with zero attached hydrogens (tertiary/aromatic N) is 2. The number of aromatic nitrogens is 2. The number of ether oxygens (including phenoxy) is 2. The van der Waals surface area contributed by atoms with Gasteiger partial charge in [-0.25, -0.2) is 4.68 Å². The number of methoxy groups -OCH3 is 1. The molecular weight excluding hydrogens is 306 g/mol. The Balaban J connectivity index is 1.91. The Kier molecular flexibility index (Phi) is 6.81. The molecule has 0 spiro atoms. The van der Waals surface area contributed by atoms with E-state index in [4.69, 9.17) is 9.47 Å². The molecule has 0 bridgehead atoms. The zero-order chi connectivity index (χ0) is 17.4. The van der Waals surface area contributed by atoms with Gasteiger partial charge in [0.25, 0.3) is 5.91 Å². The van der Waals surface area contributed by atoms with Crippen LogP contribution in [0.2, 0.25) is 0 Å². The average Bonchev–Trinajstić information content (AvgIpc) is 3.03. The Morgan fingerprint density at radius 3 is 2.71 bits per heavy atom. The molecule has 0 aliphatic rings. The van der Waals surface area contributed by atoms with Crippen LogP contribution < -0.4 is 10.1 Å². The van der Waals surface area contributed by atoms with Crippen LogP contribution in [0.1, 0.15) is 30.8 Å². The van der Waals surface area contributed by atoms with E-state index in [9.17, 15) is 4.79 Å². The Bertz CT molecular complexity index is 638. The second kappa shape index (κ2) is 9.08. The van der Waals surface area contributed by atoms with E-state index in [2.05, 4.69) is 24.3 Å². The third-order valence-corrected chi connectivity index (χ3v) is 3.34. The van der Waals surface area contributed by atoms with E-state index < -0.39 is 0 Å². The average molecular weight is 331 g/mol. The van der Waals surface area contributed by atoms with E-state index in [0.717, 1.165) is 18.7 Å². The zero-order valence-corrected chi connectivity index (χ0v) is 14.5. The Hall–Kier alpha value is -2.34. The summed E-state index contributed by atoms with van der Waals surface area (Å²) in [6.45, 7) is 6.13. The maximum absolute atomic E-state index is 12.3. The first-order valence-corrected chi connectivity index (χ1v) is 8.17. The highest BCUT2D eigenvalue weighted by Gasteiger charge is 2.17. The lowest BCUT2D eigenvalue weighted by molar-refractivity contribution is 0.0917. The van der Waals surface area contributed by atoms with Gasteiger partial charge in [-0.05, 0) is 24.5 Å². The highest BCUT2D eigenvalue weighted by atomic mass is 16.5. The molecule has 0 atom stereocenters. The molecule has 0 aliphatic carbocycles. The van der Waals surface area contributed by atoms with Gasteiger partial charge in [0.1, 0.15) is 0 Å². The Morgan fingerprint density at radius 2 is 2.04 bits per heavy atom. The summed E-state index contributed by atoms with van der Waals surface area (Å²) < 4.78 is 12.4. The predicted molar refractivity (Wildman–Crippen MR) is 92.7 cm³/mol. The molecular formula is C18H25N3O3. The second-order valence-electron chi connectivity index (χ2n) is 5.90. The van der Waals surface area contributed by atoms with Crippen molar-refractivity contribution in [1.82, 2.24) is 15.1 Å². The molecule has 1 aromatic carbocycles. The highest BCUT2D eigenvalue weighted by molar-refractivity contribution is 5.94. The number of rotatable bonds is 9. The monoisotopic (exact) mass is 331 g/mol. The standard InChI is InChI=1S/C18H25N3O3/c1-14(2)13-24-11-7-10-19-18(22)17-16(23-3)12-21(20-17)15-8-5-4-6-9-15/h4-6,8-9,12,14H,7,10-11,13H2,1-3H3,(H,19,22). The fraction of sp³-hybridized carbons (Fsp3) is 0.444. The molecule has 1 aromatic heterocycles. The molecule has 0 unspecified atom stereocenters. The smallest absolute Gasteiger partial charge is 0.275 e. The van der Waals surface area contributed by atoms with Crippen molar-refractivity contribution in [2.24, 2.45) is 5.92 Å². The topological polar surface area (TPSA) is 65.4 Å². The van der Waals surface area contributed by atoms with Crippen molar-refractivity contribution in [3.05, 3.63) is 42.2 Å². The highest BCUT2D eigenvalue weighted by Crippen LogP contribution is 2.19. The number of hydrogen-bond donors (Lipinski definition) is 1. The minimum Gasteiger partial charge on any atom is -0.493 e. The molecule has 24 heavy (non-hydrogen) atoms. The van der Waals surface area contributed by atoms with Crippen molar-refractivity contribution in [3.8, 4) is 11.4 Å². The predicted octanol–water partition coefficient (Wildman–Crippen LogP) is 2.67. The summed E-state index contributed by atoms with van der Waals surface area (Å²) in [6.07, 6.45) is 2.47. The molecule has 6 nitrogen and oxygen atoms in total. The molecule has 0 saturated heterocycles. The first kappa shape index (κ1) is 18.0. The van der Waals surface area contributed by atoms with Crippen LogP contribution in [0.15, 0.2) is 36.5 Å². The Morgan fingerprint density at radius 1 is 1.29 bits per heavy atom. The van der Waals surface area contributed by atoms with Crippen LogP contribution in [0.25, 0.3) is 5.69 Å². The molecule has 1 heterocycles. The van der Waals surface area contributed by atoms with Crippen LogP contribution in [-0.4, -0.2) is 42.6 Å². The van der Waals surface area contributed by atoms with E-state index in [1.165, 1.54) is 7.11 Å². The van der Waals surface area contributed by atoms with Crippen LogP contribution in [0.4, 0.5) is 0 Å². The minimum absolute atomic E-state index is 0.245. The van der Waals surface area contributed by atoms with E-state index >= 15 is 0 Å². The first-order chi connectivity index (χ1) is 11.6. The summed E-state index contributed by atoms with van der Waals surface area (Å²) in [6, 6.07) is 9.60. The maximum Gasteiger partial charge on any atom is 0.275 e. The number of carbonyl (C=O) groups excluding carboxylic acids is 1. The molecule has 6 heteroatoms. The Labute approximate surface area is 142 Å². The van der Waals surface area contributed by atoms with Crippen LogP contribution in [-0.2, 0) is 4.74 Å².